The van der Waals surface area contributed by atoms with E-state index in [0.29, 0.717) is 0 Å². The molecule has 0 radical (unpaired) electrons. The molecular formula is C13H16N2O2. The van der Waals surface area contributed by atoms with Crippen LogP contribution in [0.25, 0.3) is 11.0 Å². The number of rotatable bonds is 1. The fraction of sp³-hybridized carbons (Fsp3) is 0.385. The number of furan rings is 1. The number of benzene rings is 1. The molecule has 1 fully saturated rings. The van der Waals surface area contributed by atoms with Crippen LogP contribution in [0.1, 0.15) is 0 Å². The van der Waals surface area contributed by atoms with E-state index < -0.39 is 0 Å². The molecule has 0 bridgehead atoms. The molecule has 0 atom stereocenters. The molecule has 90 valence electrons. The standard InChI is InChI=1S/C13H16N2O2/c1-14-4-6-15(7-5-14)10-2-3-11-12(16)9-17-13(11)8-10/h2-3,8-9,16H,4-7H2,1H3. The maximum atomic E-state index is 9.53. The first-order chi connectivity index (χ1) is 8.24. The molecule has 0 unspecified atom stereocenters. The Balaban J connectivity index is 1.90. The second kappa shape index (κ2) is 3.96. The van der Waals surface area contributed by atoms with Crippen molar-refractivity contribution in [2.45, 2.75) is 0 Å². The summed E-state index contributed by atoms with van der Waals surface area (Å²) in [5.41, 5.74) is 1.92. The third-order valence-corrected chi connectivity index (χ3v) is 3.41. The van der Waals surface area contributed by atoms with Gasteiger partial charge in [-0.3, -0.25) is 0 Å². The van der Waals surface area contributed by atoms with Crippen molar-refractivity contribution in [3.05, 3.63) is 24.5 Å². The van der Waals surface area contributed by atoms with Crippen LogP contribution in [0.5, 0.6) is 5.75 Å². The van der Waals surface area contributed by atoms with Crippen LogP contribution in [0, 0.1) is 0 Å². The fourth-order valence-corrected chi connectivity index (χ4v) is 2.26. The molecule has 4 heteroatoms. The van der Waals surface area contributed by atoms with Gasteiger partial charge in [0.15, 0.2) is 5.75 Å². The Morgan fingerprint density at radius 2 is 1.94 bits per heavy atom. The molecule has 3 rings (SSSR count). The van der Waals surface area contributed by atoms with Crippen molar-refractivity contribution in [1.29, 1.82) is 0 Å². The Bertz CT molecular complexity index is 527. The lowest BCUT2D eigenvalue weighted by Gasteiger charge is -2.33. The lowest BCUT2D eigenvalue weighted by Crippen LogP contribution is -2.44. The summed E-state index contributed by atoms with van der Waals surface area (Å²) in [7, 11) is 2.14. The summed E-state index contributed by atoms with van der Waals surface area (Å²) in [6, 6.07) is 5.96. The highest BCUT2D eigenvalue weighted by molar-refractivity contribution is 5.86. The fourth-order valence-electron chi connectivity index (χ4n) is 2.26. The lowest BCUT2D eigenvalue weighted by molar-refractivity contribution is 0.313. The molecule has 1 N–H and O–H groups in total. The normalized spacial score (nSPS) is 17.8. The van der Waals surface area contributed by atoms with Crippen LogP contribution in [0.3, 0.4) is 0 Å². The topological polar surface area (TPSA) is 39.9 Å². The summed E-state index contributed by atoms with van der Waals surface area (Å²) in [6.45, 7) is 4.24. The first-order valence-electron chi connectivity index (χ1n) is 5.88. The van der Waals surface area contributed by atoms with Crippen LogP contribution in [-0.2, 0) is 0 Å². The van der Waals surface area contributed by atoms with E-state index in [1.807, 2.05) is 18.2 Å². The van der Waals surface area contributed by atoms with Crippen LogP contribution in [-0.4, -0.2) is 43.2 Å². The van der Waals surface area contributed by atoms with Gasteiger partial charge in [0.05, 0.1) is 5.39 Å². The smallest absolute Gasteiger partial charge is 0.161 e. The number of hydrogen-bond donors (Lipinski definition) is 1. The van der Waals surface area contributed by atoms with Gasteiger partial charge in [-0.2, -0.15) is 0 Å². The van der Waals surface area contributed by atoms with E-state index >= 15 is 0 Å². The molecule has 2 heterocycles. The van der Waals surface area contributed by atoms with Crippen molar-refractivity contribution >= 4 is 16.7 Å². The molecule has 17 heavy (non-hydrogen) atoms. The quantitative estimate of drug-likeness (QED) is 0.815. The summed E-state index contributed by atoms with van der Waals surface area (Å²) in [6.07, 6.45) is 1.39. The predicted molar refractivity (Wildman–Crippen MR) is 67.6 cm³/mol. The van der Waals surface area contributed by atoms with Crippen molar-refractivity contribution < 1.29 is 9.52 Å². The Morgan fingerprint density at radius 1 is 1.18 bits per heavy atom. The number of anilines is 1. The van der Waals surface area contributed by atoms with Crippen LogP contribution in [0.4, 0.5) is 5.69 Å². The monoisotopic (exact) mass is 232 g/mol. The van der Waals surface area contributed by atoms with Crippen molar-refractivity contribution in [2.24, 2.45) is 0 Å². The molecule has 0 amide bonds. The van der Waals surface area contributed by atoms with Gasteiger partial charge in [0.25, 0.3) is 0 Å². The molecule has 1 aromatic heterocycles. The van der Waals surface area contributed by atoms with E-state index in [1.54, 1.807) is 0 Å². The van der Waals surface area contributed by atoms with Crippen molar-refractivity contribution in [3.63, 3.8) is 0 Å². The molecule has 2 aromatic rings. The SMILES string of the molecule is CN1CCN(c2ccc3c(O)coc3c2)CC1. The van der Waals surface area contributed by atoms with Gasteiger partial charge in [0.1, 0.15) is 11.8 Å². The number of fused-ring (bicyclic) bond motifs is 1. The molecule has 1 saturated heterocycles. The maximum absolute atomic E-state index is 9.53. The Kier molecular flexibility index (Phi) is 2.44. The third-order valence-electron chi connectivity index (χ3n) is 3.41. The van der Waals surface area contributed by atoms with Gasteiger partial charge in [-0.15, -0.1) is 0 Å². The Labute approximate surface area is 100 Å². The molecule has 0 aliphatic carbocycles. The second-order valence-corrected chi connectivity index (χ2v) is 4.59. The average molecular weight is 232 g/mol. The van der Waals surface area contributed by atoms with Crippen molar-refractivity contribution in [3.8, 4) is 5.75 Å². The molecule has 0 spiro atoms. The minimum Gasteiger partial charge on any atom is -0.504 e. The molecule has 1 aliphatic heterocycles. The van der Waals surface area contributed by atoms with Gasteiger partial charge < -0.3 is 19.3 Å². The average Bonchev–Trinajstić information content (AvgIpc) is 2.72. The van der Waals surface area contributed by atoms with Gasteiger partial charge in [-0.25, -0.2) is 0 Å². The largest absolute Gasteiger partial charge is 0.504 e. The zero-order valence-electron chi connectivity index (χ0n) is 9.89. The third kappa shape index (κ3) is 1.85. The summed E-state index contributed by atoms with van der Waals surface area (Å²) in [5.74, 6) is 0.213. The van der Waals surface area contributed by atoms with Gasteiger partial charge in [0, 0.05) is 37.9 Å². The number of piperazine rings is 1. The molecular weight excluding hydrogens is 216 g/mol. The van der Waals surface area contributed by atoms with E-state index in [0.717, 1.165) is 37.1 Å². The zero-order chi connectivity index (χ0) is 11.8. The van der Waals surface area contributed by atoms with E-state index in [-0.39, 0.29) is 5.75 Å². The predicted octanol–water partition coefficient (Wildman–Crippen LogP) is 1.89. The van der Waals surface area contributed by atoms with Crippen LogP contribution >= 0.6 is 0 Å². The van der Waals surface area contributed by atoms with Crippen LogP contribution in [0.15, 0.2) is 28.9 Å². The van der Waals surface area contributed by atoms with Crippen LogP contribution < -0.4 is 4.90 Å². The van der Waals surface area contributed by atoms with Gasteiger partial charge >= 0.3 is 0 Å². The molecule has 0 saturated carbocycles. The Hall–Kier alpha value is -1.68. The van der Waals surface area contributed by atoms with Crippen molar-refractivity contribution in [2.75, 3.05) is 38.1 Å². The highest BCUT2D eigenvalue weighted by atomic mass is 16.4. The molecule has 1 aromatic carbocycles. The van der Waals surface area contributed by atoms with E-state index in [9.17, 15) is 5.11 Å². The molecule has 1 aliphatic rings. The number of nitrogens with zero attached hydrogens (tertiary/aromatic N) is 2. The summed E-state index contributed by atoms with van der Waals surface area (Å²) in [4.78, 5) is 4.67. The van der Waals surface area contributed by atoms with Gasteiger partial charge in [0.2, 0.25) is 0 Å². The molecule has 4 nitrogen and oxygen atoms in total. The maximum Gasteiger partial charge on any atom is 0.161 e. The highest BCUT2D eigenvalue weighted by Crippen LogP contribution is 2.30. The first kappa shape index (κ1) is 10.5. The number of aromatic hydroxyl groups is 1. The lowest BCUT2D eigenvalue weighted by atomic mass is 10.2. The minimum absolute atomic E-state index is 0.213. The second-order valence-electron chi connectivity index (χ2n) is 4.59. The zero-order valence-corrected chi connectivity index (χ0v) is 9.89. The minimum atomic E-state index is 0.213. The van der Waals surface area contributed by atoms with E-state index in [4.69, 9.17) is 4.42 Å². The highest BCUT2D eigenvalue weighted by Gasteiger charge is 2.15. The van der Waals surface area contributed by atoms with Crippen LogP contribution in [0.2, 0.25) is 0 Å². The summed E-state index contributed by atoms with van der Waals surface area (Å²) in [5, 5.41) is 10.3. The number of likely N-dealkylation sites (N-methyl/N-ethyl adjacent to an activating group) is 1. The van der Waals surface area contributed by atoms with Gasteiger partial charge in [-0.05, 0) is 19.2 Å². The van der Waals surface area contributed by atoms with E-state index in [2.05, 4.69) is 16.8 Å². The van der Waals surface area contributed by atoms with Gasteiger partial charge in [-0.1, -0.05) is 0 Å². The summed E-state index contributed by atoms with van der Waals surface area (Å²) < 4.78 is 5.31. The Morgan fingerprint density at radius 3 is 2.71 bits per heavy atom. The first-order valence-corrected chi connectivity index (χ1v) is 5.88. The summed E-state index contributed by atoms with van der Waals surface area (Å²) >= 11 is 0. The van der Waals surface area contributed by atoms with E-state index in [1.165, 1.54) is 12.0 Å². The van der Waals surface area contributed by atoms with Crippen molar-refractivity contribution in [1.82, 2.24) is 4.90 Å². The number of hydrogen-bond acceptors (Lipinski definition) is 4.